The first kappa shape index (κ1) is 13.5. The largest absolute Gasteiger partial charge is 0.305 e. The van der Waals surface area contributed by atoms with Gasteiger partial charge >= 0.3 is 0 Å². The maximum absolute atomic E-state index is 9.00. The molecule has 4 heteroatoms. The second-order valence-electron chi connectivity index (χ2n) is 5.36. The Balaban J connectivity index is 1.89. The van der Waals surface area contributed by atoms with Gasteiger partial charge in [-0.2, -0.15) is 5.26 Å². The Labute approximate surface area is 114 Å². The lowest BCUT2D eigenvalue weighted by Crippen LogP contribution is -2.34. The zero-order chi connectivity index (χ0) is 13.0. The molecule has 1 fully saturated rings. The molecular formula is C14H21N3S. The Morgan fingerprint density at radius 2 is 2.39 bits per heavy atom. The zero-order valence-electron chi connectivity index (χ0n) is 11.2. The molecule has 0 aliphatic carbocycles. The molecule has 98 valence electrons. The molecule has 1 saturated heterocycles. The molecule has 1 unspecified atom stereocenters. The summed E-state index contributed by atoms with van der Waals surface area (Å²) in [5.74, 6) is 0.236. The normalized spacial score (nSPS) is 21.1. The van der Waals surface area contributed by atoms with E-state index >= 15 is 0 Å². The van der Waals surface area contributed by atoms with Crippen LogP contribution in [0.4, 0.5) is 0 Å². The summed E-state index contributed by atoms with van der Waals surface area (Å²) in [6.07, 6.45) is 2.23. The molecular weight excluding hydrogens is 242 g/mol. The molecule has 0 radical (unpaired) electrons. The molecule has 0 aromatic carbocycles. The van der Waals surface area contributed by atoms with Crippen molar-refractivity contribution in [2.45, 2.75) is 25.9 Å². The number of likely N-dealkylation sites (tertiary alicyclic amines) is 1. The van der Waals surface area contributed by atoms with Crippen molar-refractivity contribution in [3.05, 3.63) is 21.9 Å². The van der Waals surface area contributed by atoms with Crippen molar-refractivity contribution in [3.8, 4) is 6.07 Å². The summed E-state index contributed by atoms with van der Waals surface area (Å²) in [6.45, 7) is 4.10. The SMILES string of the molecule is CN(C)Cc1csc(CN2CCCC(C#N)C2)c1. The quantitative estimate of drug-likeness (QED) is 0.836. The van der Waals surface area contributed by atoms with E-state index in [1.54, 1.807) is 0 Å². The van der Waals surface area contributed by atoms with E-state index in [4.69, 9.17) is 5.26 Å². The topological polar surface area (TPSA) is 30.3 Å². The lowest BCUT2D eigenvalue weighted by molar-refractivity contribution is 0.193. The van der Waals surface area contributed by atoms with E-state index in [2.05, 4.69) is 41.4 Å². The lowest BCUT2D eigenvalue weighted by atomic mass is 10.00. The van der Waals surface area contributed by atoms with Crippen LogP contribution in [0.25, 0.3) is 0 Å². The van der Waals surface area contributed by atoms with Crippen LogP contribution in [-0.4, -0.2) is 37.0 Å². The van der Waals surface area contributed by atoms with E-state index < -0.39 is 0 Å². The molecule has 2 rings (SSSR count). The second kappa shape index (κ2) is 6.33. The third kappa shape index (κ3) is 3.81. The summed E-state index contributed by atoms with van der Waals surface area (Å²) >= 11 is 1.84. The minimum absolute atomic E-state index is 0.236. The third-order valence-electron chi connectivity index (χ3n) is 3.27. The van der Waals surface area contributed by atoms with Crippen LogP contribution in [0.5, 0.6) is 0 Å². The molecule has 1 aromatic rings. The van der Waals surface area contributed by atoms with Crippen molar-refractivity contribution in [2.75, 3.05) is 27.2 Å². The van der Waals surface area contributed by atoms with Crippen LogP contribution in [0.15, 0.2) is 11.4 Å². The molecule has 1 aromatic heterocycles. The van der Waals surface area contributed by atoms with Gasteiger partial charge in [0, 0.05) is 24.5 Å². The van der Waals surface area contributed by atoms with Gasteiger partial charge in [0.05, 0.1) is 12.0 Å². The average Bonchev–Trinajstić information content (AvgIpc) is 2.76. The fraction of sp³-hybridized carbons (Fsp3) is 0.643. The number of rotatable bonds is 4. The number of piperidine rings is 1. The van der Waals surface area contributed by atoms with Gasteiger partial charge in [-0.05, 0) is 50.5 Å². The first-order valence-corrected chi connectivity index (χ1v) is 7.38. The van der Waals surface area contributed by atoms with Gasteiger partial charge in [-0.25, -0.2) is 0 Å². The fourth-order valence-corrected chi connectivity index (χ4v) is 3.40. The number of nitriles is 1. The van der Waals surface area contributed by atoms with Crippen LogP contribution >= 0.6 is 11.3 Å². The summed E-state index contributed by atoms with van der Waals surface area (Å²) in [5, 5.41) is 11.2. The molecule has 3 nitrogen and oxygen atoms in total. The molecule has 0 N–H and O–H groups in total. The average molecular weight is 263 g/mol. The van der Waals surface area contributed by atoms with E-state index in [9.17, 15) is 0 Å². The van der Waals surface area contributed by atoms with Crippen molar-refractivity contribution >= 4 is 11.3 Å². The molecule has 1 aliphatic heterocycles. The highest BCUT2D eigenvalue weighted by atomic mass is 32.1. The van der Waals surface area contributed by atoms with Gasteiger partial charge in [-0.3, -0.25) is 4.90 Å². The molecule has 18 heavy (non-hydrogen) atoms. The third-order valence-corrected chi connectivity index (χ3v) is 4.24. The smallest absolute Gasteiger partial charge is 0.0669 e. The van der Waals surface area contributed by atoms with E-state index in [1.807, 2.05) is 11.3 Å². The van der Waals surface area contributed by atoms with Gasteiger partial charge < -0.3 is 4.90 Å². The zero-order valence-corrected chi connectivity index (χ0v) is 12.0. The van der Waals surface area contributed by atoms with Crippen LogP contribution < -0.4 is 0 Å². The minimum Gasteiger partial charge on any atom is -0.305 e. The maximum Gasteiger partial charge on any atom is 0.0669 e. The van der Waals surface area contributed by atoms with Gasteiger partial charge in [0.2, 0.25) is 0 Å². The van der Waals surface area contributed by atoms with E-state index in [0.29, 0.717) is 0 Å². The highest BCUT2D eigenvalue weighted by Crippen LogP contribution is 2.22. The number of thiophene rings is 1. The van der Waals surface area contributed by atoms with E-state index in [-0.39, 0.29) is 5.92 Å². The minimum atomic E-state index is 0.236. The van der Waals surface area contributed by atoms with Gasteiger partial charge in [0.1, 0.15) is 0 Å². The van der Waals surface area contributed by atoms with E-state index in [1.165, 1.54) is 10.4 Å². The molecule has 0 saturated carbocycles. The first-order chi connectivity index (χ1) is 8.67. The predicted molar refractivity (Wildman–Crippen MR) is 75.3 cm³/mol. The Morgan fingerprint density at radius 1 is 1.56 bits per heavy atom. The van der Waals surface area contributed by atoms with Crippen molar-refractivity contribution in [2.24, 2.45) is 5.92 Å². The monoisotopic (exact) mass is 263 g/mol. The number of hydrogen-bond acceptors (Lipinski definition) is 4. The molecule has 0 amide bonds. The second-order valence-corrected chi connectivity index (χ2v) is 6.36. The maximum atomic E-state index is 9.00. The molecule has 2 heterocycles. The van der Waals surface area contributed by atoms with Crippen molar-refractivity contribution in [1.29, 1.82) is 5.26 Å². The first-order valence-electron chi connectivity index (χ1n) is 6.50. The Bertz CT molecular complexity index is 419. The van der Waals surface area contributed by atoms with Crippen LogP contribution in [0.1, 0.15) is 23.3 Å². The van der Waals surface area contributed by atoms with Crippen molar-refractivity contribution in [3.63, 3.8) is 0 Å². The highest BCUT2D eigenvalue weighted by Gasteiger charge is 2.19. The van der Waals surface area contributed by atoms with E-state index in [0.717, 1.165) is 39.0 Å². The van der Waals surface area contributed by atoms with Crippen LogP contribution in [0.3, 0.4) is 0 Å². The Hall–Kier alpha value is -0.890. The van der Waals surface area contributed by atoms with Gasteiger partial charge in [0.15, 0.2) is 0 Å². The highest BCUT2D eigenvalue weighted by molar-refractivity contribution is 7.10. The Morgan fingerprint density at radius 3 is 3.11 bits per heavy atom. The van der Waals surface area contributed by atoms with Gasteiger partial charge in [-0.1, -0.05) is 0 Å². The summed E-state index contributed by atoms with van der Waals surface area (Å²) in [4.78, 5) is 6.03. The van der Waals surface area contributed by atoms with Gasteiger partial charge in [0.25, 0.3) is 0 Å². The van der Waals surface area contributed by atoms with Crippen LogP contribution in [0, 0.1) is 17.2 Å². The van der Waals surface area contributed by atoms with Crippen molar-refractivity contribution < 1.29 is 0 Å². The standard InChI is InChI=1S/C14H21N3S/c1-16(2)8-13-6-14(18-11-13)10-17-5-3-4-12(7-15)9-17/h6,11-12H,3-5,8-10H2,1-2H3. The summed E-state index contributed by atoms with van der Waals surface area (Å²) < 4.78 is 0. The molecule has 1 atom stereocenters. The summed E-state index contributed by atoms with van der Waals surface area (Å²) in [6, 6.07) is 4.71. The van der Waals surface area contributed by atoms with Crippen LogP contribution in [0.2, 0.25) is 0 Å². The number of nitrogens with zero attached hydrogens (tertiary/aromatic N) is 3. The summed E-state index contributed by atoms with van der Waals surface area (Å²) in [5.41, 5.74) is 1.40. The molecule has 0 bridgehead atoms. The lowest BCUT2D eigenvalue weighted by Gasteiger charge is -2.28. The molecule has 0 spiro atoms. The van der Waals surface area contributed by atoms with Crippen LogP contribution in [-0.2, 0) is 13.1 Å². The summed E-state index contributed by atoms with van der Waals surface area (Å²) in [7, 11) is 4.19. The predicted octanol–water partition coefficient (Wildman–Crippen LogP) is 2.55. The van der Waals surface area contributed by atoms with Gasteiger partial charge in [-0.15, -0.1) is 11.3 Å². The Kier molecular flexibility index (Phi) is 4.76. The number of hydrogen-bond donors (Lipinski definition) is 0. The molecule has 1 aliphatic rings. The fourth-order valence-electron chi connectivity index (χ4n) is 2.48. The van der Waals surface area contributed by atoms with Crippen molar-refractivity contribution in [1.82, 2.24) is 9.80 Å².